The zero-order valence-electron chi connectivity index (χ0n) is 25.0. The predicted molar refractivity (Wildman–Crippen MR) is 166 cm³/mol. The molecule has 0 aromatic heterocycles. The van der Waals surface area contributed by atoms with E-state index in [-0.39, 0.29) is 5.78 Å². The van der Waals surface area contributed by atoms with Gasteiger partial charge in [0, 0.05) is 24.2 Å². The van der Waals surface area contributed by atoms with Gasteiger partial charge < -0.3 is 0 Å². The van der Waals surface area contributed by atoms with Crippen LogP contribution in [0.5, 0.6) is 0 Å². The van der Waals surface area contributed by atoms with Crippen molar-refractivity contribution in [2.45, 2.75) is 128 Å². The molecule has 2 aliphatic carbocycles. The Balaban J connectivity index is 1.40. The zero-order chi connectivity index (χ0) is 27.1. The van der Waals surface area contributed by atoms with Crippen LogP contribution in [-0.4, -0.2) is 41.8 Å². The quantitative estimate of drug-likeness (QED) is 0.312. The van der Waals surface area contributed by atoms with E-state index in [0.717, 1.165) is 24.2 Å². The molecule has 2 aromatic rings. The fraction of sp³-hybridized carbons (Fsp3) is 0.649. The molecule has 0 spiro atoms. The molecule has 0 amide bonds. The number of benzene rings is 2. The van der Waals surface area contributed by atoms with Gasteiger partial charge in [-0.3, -0.25) is 14.6 Å². The van der Waals surface area contributed by atoms with E-state index in [0.29, 0.717) is 11.8 Å². The second kappa shape index (κ2) is 13.8. The van der Waals surface area contributed by atoms with Crippen molar-refractivity contribution in [3.8, 4) is 0 Å². The van der Waals surface area contributed by atoms with Crippen LogP contribution in [0.4, 0.5) is 0 Å². The van der Waals surface area contributed by atoms with Crippen molar-refractivity contribution in [1.29, 1.82) is 0 Å². The van der Waals surface area contributed by atoms with Crippen molar-refractivity contribution < 1.29 is 4.79 Å². The van der Waals surface area contributed by atoms with E-state index < -0.39 is 0 Å². The van der Waals surface area contributed by atoms with Gasteiger partial charge in [-0.1, -0.05) is 87.8 Å². The van der Waals surface area contributed by atoms with Gasteiger partial charge >= 0.3 is 0 Å². The second-order valence-electron chi connectivity index (χ2n) is 13.4. The van der Waals surface area contributed by atoms with Gasteiger partial charge in [-0.05, 0) is 112 Å². The number of hydrogen-bond donors (Lipinski definition) is 0. The van der Waals surface area contributed by atoms with Crippen LogP contribution in [0.3, 0.4) is 0 Å². The Morgan fingerprint density at radius 2 is 0.900 bits per heavy atom. The van der Waals surface area contributed by atoms with Crippen LogP contribution in [0, 0.1) is 0 Å². The lowest BCUT2D eigenvalue weighted by molar-refractivity contribution is 0.103. The Hall–Kier alpha value is -1.97. The van der Waals surface area contributed by atoms with Gasteiger partial charge in [0.05, 0.1) is 0 Å². The Morgan fingerprint density at radius 3 is 1.30 bits per heavy atom. The SMILES string of the molecule is O=C(c1cccc(C2CCCCC2)c1CN1CCCCC1)c1cccc(C2CCCCC2)c1CN1CCCCC1. The third-order valence-corrected chi connectivity index (χ3v) is 10.7. The highest BCUT2D eigenvalue weighted by Gasteiger charge is 2.28. The average Bonchev–Trinajstić information content (AvgIpc) is 3.03. The molecule has 6 rings (SSSR count). The third kappa shape index (κ3) is 6.57. The summed E-state index contributed by atoms with van der Waals surface area (Å²) in [6.45, 7) is 6.57. The first-order valence-corrected chi connectivity index (χ1v) is 17.0. The Labute approximate surface area is 243 Å². The Bertz CT molecular complexity index is 1030. The standard InChI is InChI=1S/C37H52N2O/c40-37(33-21-13-19-31(29-15-5-1-6-16-29)35(33)27-38-23-9-3-10-24-38)34-22-14-20-32(30-17-7-2-8-18-30)36(34)28-39-25-11-4-12-26-39/h13-14,19-22,29-30H,1-12,15-18,23-28H2. The molecule has 0 radical (unpaired) electrons. The maximum atomic E-state index is 14.8. The molecule has 4 aliphatic rings. The number of carbonyl (C=O) groups excluding carboxylic acids is 1. The first kappa shape index (κ1) is 28.2. The van der Waals surface area contributed by atoms with Crippen LogP contribution in [0.1, 0.15) is 153 Å². The molecule has 2 saturated heterocycles. The molecule has 2 aliphatic heterocycles. The molecular weight excluding hydrogens is 488 g/mol. The van der Waals surface area contributed by atoms with E-state index in [1.807, 2.05) is 0 Å². The summed E-state index contributed by atoms with van der Waals surface area (Å²) in [7, 11) is 0. The Kier molecular flexibility index (Phi) is 9.71. The second-order valence-corrected chi connectivity index (χ2v) is 13.4. The fourth-order valence-electron chi connectivity index (χ4n) is 8.41. The third-order valence-electron chi connectivity index (χ3n) is 10.7. The van der Waals surface area contributed by atoms with Crippen molar-refractivity contribution in [3.05, 3.63) is 69.8 Å². The van der Waals surface area contributed by atoms with Crippen LogP contribution in [0.25, 0.3) is 0 Å². The number of likely N-dealkylation sites (tertiary alicyclic amines) is 2. The number of nitrogens with zero attached hydrogens (tertiary/aromatic N) is 2. The first-order chi connectivity index (χ1) is 19.8. The summed E-state index contributed by atoms with van der Waals surface area (Å²) in [5.41, 5.74) is 7.67. The van der Waals surface area contributed by atoms with Crippen molar-refractivity contribution in [2.24, 2.45) is 0 Å². The van der Waals surface area contributed by atoms with E-state index >= 15 is 0 Å². The molecule has 0 bridgehead atoms. The molecular formula is C37H52N2O. The summed E-state index contributed by atoms with van der Waals surface area (Å²) in [5.74, 6) is 1.51. The van der Waals surface area contributed by atoms with E-state index in [1.165, 1.54) is 151 Å². The number of ketones is 1. The van der Waals surface area contributed by atoms with Gasteiger partial charge in [-0.15, -0.1) is 0 Å². The minimum atomic E-state index is 0.286. The number of piperidine rings is 2. The van der Waals surface area contributed by atoms with Crippen molar-refractivity contribution in [3.63, 3.8) is 0 Å². The maximum absolute atomic E-state index is 14.8. The van der Waals surface area contributed by atoms with Gasteiger partial charge in [0.2, 0.25) is 0 Å². The minimum Gasteiger partial charge on any atom is -0.299 e. The summed E-state index contributed by atoms with van der Waals surface area (Å²) >= 11 is 0. The van der Waals surface area contributed by atoms with Crippen LogP contribution < -0.4 is 0 Å². The summed E-state index contributed by atoms with van der Waals surface area (Å²) in [4.78, 5) is 20.1. The number of carbonyl (C=O) groups is 1. The predicted octanol–water partition coefficient (Wildman–Crippen LogP) is 8.98. The average molecular weight is 541 g/mol. The highest BCUT2D eigenvalue weighted by Crippen LogP contribution is 2.39. The zero-order valence-corrected chi connectivity index (χ0v) is 25.0. The normalized spacial score (nSPS) is 22.4. The highest BCUT2D eigenvalue weighted by molar-refractivity contribution is 6.11. The van der Waals surface area contributed by atoms with Crippen molar-refractivity contribution in [1.82, 2.24) is 9.80 Å². The monoisotopic (exact) mass is 540 g/mol. The smallest absolute Gasteiger partial charge is 0.193 e. The maximum Gasteiger partial charge on any atom is 0.193 e. The van der Waals surface area contributed by atoms with Crippen LogP contribution in [-0.2, 0) is 13.1 Å². The van der Waals surface area contributed by atoms with E-state index in [9.17, 15) is 4.79 Å². The first-order valence-electron chi connectivity index (χ1n) is 17.0. The molecule has 4 fully saturated rings. The van der Waals surface area contributed by atoms with E-state index in [4.69, 9.17) is 0 Å². The highest BCUT2D eigenvalue weighted by atomic mass is 16.1. The van der Waals surface area contributed by atoms with Gasteiger partial charge in [-0.25, -0.2) is 0 Å². The molecule has 216 valence electrons. The largest absolute Gasteiger partial charge is 0.299 e. The number of hydrogen-bond acceptors (Lipinski definition) is 3. The lowest BCUT2D eigenvalue weighted by atomic mass is 9.78. The summed E-state index contributed by atoms with van der Waals surface area (Å²) < 4.78 is 0. The number of rotatable bonds is 8. The molecule has 2 saturated carbocycles. The lowest BCUT2D eigenvalue weighted by Gasteiger charge is -2.32. The van der Waals surface area contributed by atoms with E-state index in [1.54, 1.807) is 0 Å². The topological polar surface area (TPSA) is 23.6 Å². The molecule has 2 heterocycles. The van der Waals surface area contributed by atoms with Crippen molar-refractivity contribution >= 4 is 5.78 Å². The minimum absolute atomic E-state index is 0.286. The molecule has 3 nitrogen and oxygen atoms in total. The molecule has 0 atom stereocenters. The Morgan fingerprint density at radius 1 is 0.525 bits per heavy atom. The molecule has 0 N–H and O–H groups in total. The van der Waals surface area contributed by atoms with Crippen LogP contribution in [0.2, 0.25) is 0 Å². The lowest BCUT2D eigenvalue weighted by Crippen LogP contribution is -2.31. The van der Waals surface area contributed by atoms with Crippen molar-refractivity contribution in [2.75, 3.05) is 26.2 Å². The van der Waals surface area contributed by atoms with Gasteiger partial charge in [0.1, 0.15) is 0 Å². The molecule has 3 heteroatoms. The van der Waals surface area contributed by atoms with Crippen LogP contribution >= 0.6 is 0 Å². The summed E-state index contributed by atoms with van der Waals surface area (Å²) in [6, 6.07) is 13.5. The summed E-state index contributed by atoms with van der Waals surface area (Å²) in [6.07, 6.45) is 21.0. The summed E-state index contributed by atoms with van der Waals surface area (Å²) in [5, 5.41) is 0. The molecule has 0 unspecified atom stereocenters. The molecule has 40 heavy (non-hydrogen) atoms. The van der Waals surface area contributed by atoms with Gasteiger partial charge in [0.25, 0.3) is 0 Å². The van der Waals surface area contributed by atoms with Crippen LogP contribution in [0.15, 0.2) is 36.4 Å². The fourth-order valence-corrected chi connectivity index (χ4v) is 8.41. The van der Waals surface area contributed by atoms with Gasteiger partial charge in [-0.2, -0.15) is 0 Å². The van der Waals surface area contributed by atoms with Gasteiger partial charge in [0.15, 0.2) is 5.78 Å². The molecule has 2 aromatic carbocycles. The van der Waals surface area contributed by atoms with E-state index in [2.05, 4.69) is 46.2 Å².